The summed E-state index contributed by atoms with van der Waals surface area (Å²) < 4.78 is 5.39. The molecule has 0 aromatic heterocycles. The first-order valence-corrected chi connectivity index (χ1v) is 11.2. The Kier molecular flexibility index (Phi) is 11.3. The molecular formula is C21H41N5O2. The summed E-state index contributed by atoms with van der Waals surface area (Å²) in [5, 5.41) is 6.81. The highest BCUT2D eigenvalue weighted by atomic mass is 16.5. The van der Waals surface area contributed by atoms with Gasteiger partial charge in [0.2, 0.25) is 5.91 Å². The molecule has 7 nitrogen and oxygen atoms in total. The van der Waals surface area contributed by atoms with Gasteiger partial charge in [0, 0.05) is 40.3 Å². The summed E-state index contributed by atoms with van der Waals surface area (Å²) in [7, 11) is 3.54. The van der Waals surface area contributed by atoms with Gasteiger partial charge in [-0.1, -0.05) is 38.5 Å². The normalized spacial score (nSPS) is 19.0. The standard InChI is InChI=1S/C21H41N5O2/c1-25(2)20(27)18-24-21(22-11-6-5-10-19-8-3-4-9-19)23-12-7-13-26-14-16-28-17-15-26/h19H,3-18H2,1-2H3,(H2,22,23,24). The van der Waals surface area contributed by atoms with Crippen molar-refractivity contribution in [3.05, 3.63) is 0 Å². The number of carbonyl (C=O) groups is 1. The fraction of sp³-hybridized carbons (Fsp3) is 0.905. The van der Waals surface area contributed by atoms with Crippen molar-refractivity contribution >= 4 is 11.9 Å². The first-order chi connectivity index (χ1) is 13.6. The average Bonchev–Trinajstić information content (AvgIpc) is 3.22. The number of hydrogen-bond acceptors (Lipinski definition) is 4. The average molecular weight is 396 g/mol. The molecule has 0 aromatic carbocycles. The molecule has 28 heavy (non-hydrogen) atoms. The zero-order chi connectivity index (χ0) is 20.0. The molecule has 0 aromatic rings. The summed E-state index contributed by atoms with van der Waals surface area (Å²) in [6, 6.07) is 0. The van der Waals surface area contributed by atoms with Crippen LogP contribution in [0.1, 0.15) is 51.4 Å². The molecule has 1 heterocycles. The number of nitrogens with zero attached hydrogens (tertiary/aromatic N) is 3. The predicted octanol–water partition coefficient (Wildman–Crippen LogP) is 1.69. The number of likely N-dealkylation sites (N-methyl/N-ethyl adjacent to an activating group) is 1. The van der Waals surface area contributed by atoms with Gasteiger partial charge in [-0.3, -0.25) is 9.69 Å². The van der Waals surface area contributed by atoms with Gasteiger partial charge >= 0.3 is 0 Å². The maximum absolute atomic E-state index is 11.9. The quantitative estimate of drug-likeness (QED) is 0.317. The van der Waals surface area contributed by atoms with Crippen LogP contribution in [-0.4, -0.2) is 88.2 Å². The number of ether oxygens (including phenoxy) is 1. The van der Waals surface area contributed by atoms with Crippen molar-refractivity contribution in [1.82, 2.24) is 20.4 Å². The van der Waals surface area contributed by atoms with Gasteiger partial charge in [-0.2, -0.15) is 0 Å². The molecule has 2 N–H and O–H groups in total. The lowest BCUT2D eigenvalue weighted by atomic mass is 10.0. The van der Waals surface area contributed by atoms with Crippen LogP contribution >= 0.6 is 0 Å². The van der Waals surface area contributed by atoms with E-state index >= 15 is 0 Å². The molecule has 1 amide bonds. The van der Waals surface area contributed by atoms with Gasteiger partial charge in [-0.15, -0.1) is 0 Å². The summed E-state index contributed by atoms with van der Waals surface area (Å²) in [5.74, 6) is 1.75. The molecule has 2 rings (SSSR count). The van der Waals surface area contributed by atoms with Crippen molar-refractivity contribution in [2.75, 3.05) is 66.6 Å². The number of unbranched alkanes of at least 4 members (excludes halogenated alkanes) is 1. The molecule has 0 spiro atoms. The van der Waals surface area contributed by atoms with Crippen molar-refractivity contribution in [2.24, 2.45) is 10.9 Å². The molecule has 2 fully saturated rings. The van der Waals surface area contributed by atoms with E-state index in [4.69, 9.17) is 4.74 Å². The molecule has 1 saturated heterocycles. The van der Waals surface area contributed by atoms with E-state index in [-0.39, 0.29) is 12.5 Å². The molecule has 7 heteroatoms. The number of nitrogens with one attached hydrogen (secondary N) is 2. The minimum Gasteiger partial charge on any atom is -0.379 e. The third-order valence-corrected chi connectivity index (χ3v) is 5.72. The van der Waals surface area contributed by atoms with Crippen molar-refractivity contribution in [3.8, 4) is 0 Å². The van der Waals surface area contributed by atoms with Crippen LogP contribution in [-0.2, 0) is 9.53 Å². The van der Waals surface area contributed by atoms with Gasteiger partial charge in [0.1, 0.15) is 6.54 Å². The van der Waals surface area contributed by atoms with E-state index in [1.165, 1.54) is 38.5 Å². The first-order valence-electron chi connectivity index (χ1n) is 11.2. The van der Waals surface area contributed by atoms with Crippen LogP contribution in [0.4, 0.5) is 0 Å². The Hall–Kier alpha value is -1.34. The van der Waals surface area contributed by atoms with Crippen LogP contribution in [0, 0.1) is 5.92 Å². The number of morpholine rings is 1. The lowest BCUT2D eigenvalue weighted by Gasteiger charge is -2.26. The third kappa shape index (κ3) is 9.73. The lowest BCUT2D eigenvalue weighted by Crippen LogP contribution is -2.41. The number of hydrogen-bond donors (Lipinski definition) is 2. The topological polar surface area (TPSA) is 69.2 Å². The number of rotatable bonds is 11. The first kappa shape index (κ1) is 22.9. The van der Waals surface area contributed by atoms with E-state index in [0.717, 1.165) is 70.7 Å². The van der Waals surface area contributed by atoms with E-state index in [2.05, 4.69) is 20.5 Å². The van der Waals surface area contributed by atoms with E-state index in [1.54, 1.807) is 19.0 Å². The van der Waals surface area contributed by atoms with Crippen molar-refractivity contribution < 1.29 is 9.53 Å². The molecule has 2 aliphatic rings. The summed E-state index contributed by atoms with van der Waals surface area (Å²) in [6.45, 7) is 6.77. The minimum absolute atomic E-state index is 0.0238. The Morgan fingerprint density at radius 2 is 1.75 bits per heavy atom. The van der Waals surface area contributed by atoms with Gasteiger partial charge in [0.05, 0.1) is 13.2 Å². The Labute approximate surface area is 171 Å². The zero-order valence-corrected chi connectivity index (χ0v) is 18.0. The van der Waals surface area contributed by atoms with Gasteiger partial charge in [-0.05, 0) is 25.3 Å². The van der Waals surface area contributed by atoms with Crippen LogP contribution in [0.15, 0.2) is 4.99 Å². The summed E-state index contributed by atoms with van der Waals surface area (Å²) in [5.41, 5.74) is 0. The second-order valence-corrected chi connectivity index (χ2v) is 8.26. The van der Waals surface area contributed by atoms with Crippen LogP contribution in [0.2, 0.25) is 0 Å². The Morgan fingerprint density at radius 1 is 1.07 bits per heavy atom. The molecule has 0 bridgehead atoms. The summed E-state index contributed by atoms with van der Waals surface area (Å²) in [6.07, 6.45) is 10.6. The van der Waals surface area contributed by atoms with Crippen molar-refractivity contribution in [3.63, 3.8) is 0 Å². The van der Waals surface area contributed by atoms with Gasteiger partial charge < -0.3 is 20.3 Å². The largest absolute Gasteiger partial charge is 0.379 e. The van der Waals surface area contributed by atoms with E-state index in [9.17, 15) is 4.79 Å². The van der Waals surface area contributed by atoms with Crippen molar-refractivity contribution in [1.29, 1.82) is 0 Å². The molecule has 0 unspecified atom stereocenters. The zero-order valence-electron chi connectivity index (χ0n) is 18.0. The number of carbonyl (C=O) groups excluding carboxylic acids is 1. The Morgan fingerprint density at radius 3 is 2.43 bits per heavy atom. The highest BCUT2D eigenvalue weighted by molar-refractivity contribution is 5.84. The molecule has 0 atom stereocenters. The number of amides is 1. The SMILES string of the molecule is CN(C)C(=O)CN=C(NCCCCC1CCCC1)NCCCN1CCOCC1. The fourth-order valence-electron chi connectivity index (χ4n) is 3.86. The molecule has 1 aliphatic carbocycles. The molecule has 1 aliphatic heterocycles. The highest BCUT2D eigenvalue weighted by Gasteiger charge is 2.14. The molecule has 1 saturated carbocycles. The van der Waals surface area contributed by atoms with E-state index in [0.29, 0.717) is 0 Å². The fourth-order valence-corrected chi connectivity index (χ4v) is 3.86. The van der Waals surface area contributed by atoms with Gasteiger partial charge in [0.25, 0.3) is 0 Å². The number of aliphatic imine (C=N–C) groups is 1. The highest BCUT2D eigenvalue weighted by Crippen LogP contribution is 2.28. The Balaban J connectivity index is 1.64. The van der Waals surface area contributed by atoms with E-state index < -0.39 is 0 Å². The number of guanidine groups is 1. The Bertz CT molecular complexity index is 458. The lowest BCUT2D eigenvalue weighted by molar-refractivity contribution is -0.127. The van der Waals surface area contributed by atoms with Crippen LogP contribution in [0.25, 0.3) is 0 Å². The van der Waals surface area contributed by atoms with Gasteiger partial charge in [-0.25, -0.2) is 4.99 Å². The second kappa shape index (κ2) is 13.8. The third-order valence-electron chi connectivity index (χ3n) is 5.72. The van der Waals surface area contributed by atoms with Crippen molar-refractivity contribution in [2.45, 2.75) is 51.4 Å². The van der Waals surface area contributed by atoms with Gasteiger partial charge in [0.15, 0.2) is 5.96 Å². The van der Waals surface area contributed by atoms with Crippen LogP contribution in [0.5, 0.6) is 0 Å². The minimum atomic E-state index is 0.0238. The predicted molar refractivity (Wildman–Crippen MR) is 115 cm³/mol. The molecule has 162 valence electrons. The van der Waals surface area contributed by atoms with E-state index in [1.807, 2.05) is 0 Å². The second-order valence-electron chi connectivity index (χ2n) is 8.26. The maximum atomic E-state index is 11.9. The van der Waals surface area contributed by atoms with Crippen LogP contribution in [0.3, 0.4) is 0 Å². The molecular weight excluding hydrogens is 354 g/mol. The summed E-state index contributed by atoms with van der Waals surface area (Å²) >= 11 is 0. The molecule has 0 radical (unpaired) electrons. The summed E-state index contributed by atoms with van der Waals surface area (Å²) in [4.78, 5) is 20.3. The maximum Gasteiger partial charge on any atom is 0.243 e. The monoisotopic (exact) mass is 395 g/mol. The smallest absolute Gasteiger partial charge is 0.243 e. The van der Waals surface area contributed by atoms with Crippen LogP contribution < -0.4 is 10.6 Å².